The number of hydrogen-bond donors (Lipinski definition) is 1. The summed E-state index contributed by atoms with van der Waals surface area (Å²) in [5.41, 5.74) is 1.08. The van der Waals surface area contributed by atoms with Crippen molar-refractivity contribution in [2.75, 3.05) is 39.9 Å². The Morgan fingerprint density at radius 3 is 2.35 bits per heavy atom. The fourth-order valence-electron chi connectivity index (χ4n) is 2.02. The van der Waals surface area contributed by atoms with Crippen LogP contribution in [-0.4, -0.2) is 39.9 Å². The van der Waals surface area contributed by atoms with E-state index in [1.165, 1.54) is 18.6 Å². The number of methoxy groups -OCH3 is 3. The van der Waals surface area contributed by atoms with Crippen LogP contribution in [0.4, 0.5) is 0 Å². The van der Waals surface area contributed by atoms with Gasteiger partial charge in [-0.3, -0.25) is 0 Å². The Bertz CT molecular complexity index is 399. The van der Waals surface area contributed by atoms with E-state index >= 15 is 0 Å². The minimum Gasteiger partial charge on any atom is -0.493 e. The highest BCUT2D eigenvalue weighted by Gasteiger charge is 2.15. The van der Waals surface area contributed by atoms with Gasteiger partial charge in [0.2, 0.25) is 5.75 Å². The first-order valence-corrected chi connectivity index (χ1v) is 8.15. The van der Waals surface area contributed by atoms with E-state index < -0.39 is 0 Å². The van der Waals surface area contributed by atoms with Gasteiger partial charge in [-0.1, -0.05) is 6.07 Å². The number of unbranched alkanes of at least 4 members (excludes halogenated alkanes) is 1. The predicted octanol–water partition coefficient (Wildman–Crippen LogP) is 2.95. The predicted molar refractivity (Wildman–Crippen MR) is 85.4 cm³/mol. The molecule has 0 aliphatic heterocycles. The second-order valence-electron chi connectivity index (χ2n) is 4.37. The first-order chi connectivity index (χ1) is 9.78. The highest BCUT2D eigenvalue weighted by atomic mass is 32.2. The molecule has 5 heteroatoms. The molecule has 4 nitrogen and oxygen atoms in total. The topological polar surface area (TPSA) is 39.7 Å². The average Bonchev–Trinajstić information content (AvgIpc) is 2.49. The summed E-state index contributed by atoms with van der Waals surface area (Å²) in [5, 5.41) is 3.44. The molecule has 0 bridgehead atoms. The highest BCUT2D eigenvalue weighted by molar-refractivity contribution is 7.98. The van der Waals surface area contributed by atoms with Crippen LogP contribution < -0.4 is 19.5 Å². The van der Waals surface area contributed by atoms with Crippen molar-refractivity contribution in [1.82, 2.24) is 5.32 Å². The van der Waals surface area contributed by atoms with Gasteiger partial charge in [0.1, 0.15) is 0 Å². The Balaban J connectivity index is 2.61. The molecule has 0 aliphatic rings. The van der Waals surface area contributed by atoms with Gasteiger partial charge in [0.15, 0.2) is 11.5 Å². The van der Waals surface area contributed by atoms with Gasteiger partial charge < -0.3 is 19.5 Å². The molecule has 0 saturated carbocycles. The minimum absolute atomic E-state index is 0.650. The van der Waals surface area contributed by atoms with E-state index in [0.29, 0.717) is 11.5 Å². The maximum atomic E-state index is 5.46. The molecule has 1 rings (SSSR count). The quantitative estimate of drug-likeness (QED) is 0.673. The molecule has 1 aromatic rings. The van der Waals surface area contributed by atoms with Crippen molar-refractivity contribution in [3.8, 4) is 17.2 Å². The molecule has 0 aliphatic carbocycles. The van der Waals surface area contributed by atoms with Crippen LogP contribution in [-0.2, 0) is 6.54 Å². The maximum absolute atomic E-state index is 5.46. The Hall–Kier alpha value is -1.07. The van der Waals surface area contributed by atoms with Crippen LogP contribution in [0.1, 0.15) is 18.4 Å². The van der Waals surface area contributed by atoms with Crippen molar-refractivity contribution in [2.24, 2.45) is 0 Å². The standard InChI is InChI=1S/C15H25NO3S/c1-17-13-8-7-12(14(18-2)15(13)19-3)11-16-9-5-6-10-20-4/h7-8,16H,5-6,9-11H2,1-4H3. The van der Waals surface area contributed by atoms with Crippen molar-refractivity contribution in [1.29, 1.82) is 0 Å². The normalized spacial score (nSPS) is 10.4. The Morgan fingerprint density at radius 2 is 1.75 bits per heavy atom. The average molecular weight is 299 g/mol. The van der Waals surface area contributed by atoms with Crippen LogP contribution in [0.15, 0.2) is 12.1 Å². The summed E-state index contributed by atoms with van der Waals surface area (Å²) in [7, 11) is 4.90. The zero-order valence-corrected chi connectivity index (χ0v) is 13.6. The number of hydrogen-bond acceptors (Lipinski definition) is 5. The lowest BCUT2D eigenvalue weighted by molar-refractivity contribution is 0.321. The Morgan fingerprint density at radius 1 is 1.00 bits per heavy atom. The van der Waals surface area contributed by atoms with Crippen molar-refractivity contribution in [3.05, 3.63) is 17.7 Å². The van der Waals surface area contributed by atoms with E-state index in [0.717, 1.165) is 24.4 Å². The summed E-state index contributed by atoms with van der Waals surface area (Å²) in [5.74, 6) is 3.30. The van der Waals surface area contributed by atoms with Gasteiger partial charge >= 0.3 is 0 Å². The monoisotopic (exact) mass is 299 g/mol. The Labute approximate surface area is 126 Å². The van der Waals surface area contributed by atoms with E-state index in [2.05, 4.69) is 11.6 Å². The van der Waals surface area contributed by atoms with Crippen molar-refractivity contribution in [2.45, 2.75) is 19.4 Å². The van der Waals surface area contributed by atoms with Crippen LogP contribution in [0, 0.1) is 0 Å². The smallest absolute Gasteiger partial charge is 0.203 e. The molecule has 114 valence electrons. The number of rotatable bonds is 10. The van der Waals surface area contributed by atoms with Crippen LogP contribution >= 0.6 is 11.8 Å². The number of nitrogens with one attached hydrogen (secondary N) is 1. The van der Waals surface area contributed by atoms with E-state index in [4.69, 9.17) is 14.2 Å². The van der Waals surface area contributed by atoms with E-state index in [1.807, 2.05) is 23.9 Å². The third kappa shape index (κ3) is 4.80. The first-order valence-electron chi connectivity index (χ1n) is 6.76. The van der Waals surface area contributed by atoms with E-state index in [9.17, 15) is 0 Å². The Kier molecular flexibility index (Phi) is 8.30. The minimum atomic E-state index is 0.650. The second-order valence-corrected chi connectivity index (χ2v) is 5.36. The van der Waals surface area contributed by atoms with E-state index in [1.54, 1.807) is 21.3 Å². The molecule has 1 aromatic carbocycles. The summed E-state index contributed by atoms with van der Waals surface area (Å²) in [6, 6.07) is 3.92. The van der Waals surface area contributed by atoms with Gasteiger partial charge in [-0.25, -0.2) is 0 Å². The molecule has 0 amide bonds. The van der Waals surface area contributed by atoms with Crippen LogP contribution in [0.3, 0.4) is 0 Å². The molecule has 0 heterocycles. The molecular weight excluding hydrogens is 274 g/mol. The summed E-state index contributed by atoms with van der Waals surface area (Å²) in [6.07, 6.45) is 4.58. The molecule has 0 unspecified atom stereocenters. The molecule has 0 saturated heterocycles. The molecule has 0 atom stereocenters. The van der Waals surface area contributed by atoms with Crippen molar-refractivity contribution in [3.63, 3.8) is 0 Å². The summed E-state index contributed by atoms with van der Waals surface area (Å²) >= 11 is 1.89. The lowest BCUT2D eigenvalue weighted by atomic mass is 10.1. The summed E-state index contributed by atoms with van der Waals surface area (Å²) < 4.78 is 16.1. The summed E-state index contributed by atoms with van der Waals surface area (Å²) in [4.78, 5) is 0. The molecule has 0 radical (unpaired) electrons. The largest absolute Gasteiger partial charge is 0.493 e. The van der Waals surface area contributed by atoms with Crippen LogP contribution in [0.5, 0.6) is 17.2 Å². The molecule has 0 spiro atoms. The fraction of sp³-hybridized carbons (Fsp3) is 0.600. The van der Waals surface area contributed by atoms with Crippen LogP contribution in [0.2, 0.25) is 0 Å². The number of benzene rings is 1. The van der Waals surface area contributed by atoms with Gasteiger partial charge in [-0.2, -0.15) is 11.8 Å². The fourth-order valence-corrected chi connectivity index (χ4v) is 2.51. The third-order valence-electron chi connectivity index (χ3n) is 3.05. The zero-order valence-electron chi connectivity index (χ0n) is 12.8. The molecule has 0 aromatic heterocycles. The van der Waals surface area contributed by atoms with Gasteiger partial charge in [0.25, 0.3) is 0 Å². The molecule has 1 N–H and O–H groups in total. The van der Waals surface area contributed by atoms with Gasteiger partial charge in [0.05, 0.1) is 21.3 Å². The zero-order chi connectivity index (χ0) is 14.8. The van der Waals surface area contributed by atoms with Gasteiger partial charge in [0, 0.05) is 12.1 Å². The lowest BCUT2D eigenvalue weighted by Gasteiger charge is -2.16. The maximum Gasteiger partial charge on any atom is 0.203 e. The third-order valence-corrected chi connectivity index (χ3v) is 3.75. The van der Waals surface area contributed by atoms with Crippen molar-refractivity contribution < 1.29 is 14.2 Å². The van der Waals surface area contributed by atoms with Crippen LogP contribution in [0.25, 0.3) is 0 Å². The first kappa shape index (κ1) is 17.0. The lowest BCUT2D eigenvalue weighted by Crippen LogP contribution is -2.15. The molecule has 0 fully saturated rings. The number of ether oxygens (including phenoxy) is 3. The van der Waals surface area contributed by atoms with Crippen molar-refractivity contribution >= 4 is 11.8 Å². The van der Waals surface area contributed by atoms with E-state index in [-0.39, 0.29) is 0 Å². The summed E-state index contributed by atoms with van der Waals surface area (Å²) in [6.45, 7) is 1.78. The molecular formula is C15H25NO3S. The number of thioether (sulfide) groups is 1. The second kappa shape index (κ2) is 9.77. The highest BCUT2D eigenvalue weighted by Crippen LogP contribution is 2.39. The molecule has 20 heavy (non-hydrogen) atoms. The SMILES string of the molecule is COc1ccc(CNCCCCSC)c(OC)c1OC. The van der Waals surface area contributed by atoms with Gasteiger partial charge in [-0.05, 0) is 37.5 Å². The van der Waals surface area contributed by atoms with Gasteiger partial charge in [-0.15, -0.1) is 0 Å².